The highest BCUT2D eigenvalue weighted by Crippen LogP contribution is 2.59. The van der Waals surface area contributed by atoms with Crippen molar-refractivity contribution < 1.29 is 23.8 Å². The molecule has 0 aliphatic heterocycles. The second kappa shape index (κ2) is 11.6. The van der Waals surface area contributed by atoms with Gasteiger partial charge >= 0.3 is 11.9 Å². The molecule has 41 heavy (non-hydrogen) atoms. The predicted octanol–water partition coefficient (Wildman–Crippen LogP) is 7.08. The van der Waals surface area contributed by atoms with Crippen molar-refractivity contribution in [2.75, 3.05) is 13.2 Å². The van der Waals surface area contributed by atoms with E-state index in [0.29, 0.717) is 29.4 Å². The molecule has 4 fully saturated rings. The second-order valence-electron chi connectivity index (χ2n) is 12.2. The van der Waals surface area contributed by atoms with Crippen molar-refractivity contribution in [3.63, 3.8) is 0 Å². The highest BCUT2D eigenvalue weighted by atomic mass is 32.2. The first-order valence-electron chi connectivity index (χ1n) is 14.8. The molecule has 0 saturated heterocycles. The Morgan fingerprint density at radius 1 is 0.780 bits per heavy atom. The zero-order valence-electron chi connectivity index (χ0n) is 24.1. The van der Waals surface area contributed by atoms with Gasteiger partial charge in [-0.05, 0) is 105 Å². The van der Waals surface area contributed by atoms with Gasteiger partial charge in [0, 0.05) is 12.1 Å². The number of hydrogen-bond donors (Lipinski definition) is 0. The summed E-state index contributed by atoms with van der Waals surface area (Å²) < 4.78 is 17.3. The van der Waals surface area contributed by atoms with Crippen molar-refractivity contribution in [2.45, 2.75) is 73.2 Å². The summed E-state index contributed by atoms with van der Waals surface area (Å²) in [7, 11) is -0.271. The van der Waals surface area contributed by atoms with Crippen LogP contribution in [0.5, 0.6) is 5.75 Å². The van der Waals surface area contributed by atoms with Crippen LogP contribution in [-0.4, -0.2) is 30.8 Å². The van der Waals surface area contributed by atoms with Crippen LogP contribution in [0.3, 0.4) is 0 Å². The van der Waals surface area contributed by atoms with Crippen LogP contribution in [0.25, 0.3) is 0 Å². The SMILES string of the molecule is Cc1cc([S+](c2ccccc2)c2ccccc2)cc(C)c1OCC(=O)OCC(=O)OC12CC3CC(CC(C3)C1C)C2. The van der Waals surface area contributed by atoms with Crippen molar-refractivity contribution in [2.24, 2.45) is 23.7 Å². The van der Waals surface area contributed by atoms with Crippen molar-refractivity contribution >= 4 is 22.8 Å². The first-order valence-corrected chi connectivity index (χ1v) is 16.0. The molecule has 5 nitrogen and oxygen atoms in total. The van der Waals surface area contributed by atoms with E-state index in [2.05, 4.69) is 67.6 Å². The Hall–Kier alpha value is -3.25. The van der Waals surface area contributed by atoms with Crippen LogP contribution in [-0.2, 0) is 30.0 Å². The lowest BCUT2D eigenvalue weighted by Gasteiger charge is -2.59. The number of carbonyl (C=O) groups is 2. The molecule has 3 aromatic carbocycles. The summed E-state index contributed by atoms with van der Waals surface area (Å²) in [5.74, 6) is 2.01. The van der Waals surface area contributed by atoms with Gasteiger partial charge in [-0.15, -0.1) is 0 Å². The lowest BCUT2D eigenvalue weighted by atomic mass is 9.50. The predicted molar refractivity (Wildman–Crippen MR) is 159 cm³/mol. The van der Waals surface area contributed by atoms with E-state index < -0.39 is 11.9 Å². The number of carbonyl (C=O) groups excluding carboxylic acids is 2. The number of aryl methyl sites for hydroxylation is 2. The normalized spacial score (nSPS) is 26.1. The van der Waals surface area contributed by atoms with E-state index in [9.17, 15) is 9.59 Å². The van der Waals surface area contributed by atoms with Crippen molar-refractivity contribution in [3.05, 3.63) is 83.9 Å². The number of ether oxygens (including phenoxy) is 3. The zero-order chi connectivity index (χ0) is 28.6. The molecule has 0 aromatic heterocycles. The van der Waals surface area contributed by atoms with E-state index in [1.54, 1.807) is 0 Å². The number of esters is 2. The Balaban J connectivity index is 1.07. The first-order chi connectivity index (χ1) is 19.8. The summed E-state index contributed by atoms with van der Waals surface area (Å²) in [5, 5.41) is 0. The van der Waals surface area contributed by atoms with Crippen molar-refractivity contribution in [3.8, 4) is 5.75 Å². The topological polar surface area (TPSA) is 61.8 Å². The van der Waals surface area contributed by atoms with Gasteiger partial charge in [-0.2, -0.15) is 0 Å². The van der Waals surface area contributed by atoms with E-state index in [4.69, 9.17) is 14.2 Å². The molecule has 4 aliphatic carbocycles. The number of hydrogen-bond acceptors (Lipinski definition) is 5. The minimum absolute atomic E-state index is 0.259. The lowest BCUT2D eigenvalue weighted by Crippen LogP contribution is -2.58. The molecule has 6 heteroatoms. The molecule has 0 N–H and O–H groups in total. The first kappa shape index (κ1) is 27.9. The third-order valence-corrected chi connectivity index (χ3v) is 11.6. The van der Waals surface area contributed by atoms with Gasteiger partial charge in [0.25, 0.3) is 0 Å². The monoisotopic (exact) mass is 571 g/mol. The molecular formula is C35H39O5S+. The van der Waals surface area contributed by atoms with Gasteiger partial charge in [0.05, 0.1) is 10.9 Å². The standard InChI is InChI=1S/C35H39O5S/c1-23-14-31(41(29-10-6-4-7-11-29)30-12-8-5-9-13-30)15-24(2)34(23)39-21-32(36)38-22-33(37)40-35-19-26-16-27(20-35)18-28(17-26)25(35)3/h4-15,25-28H,16-22H2,1-3H3/q+1. The van der Waals surface area contributed by atoms with Gasteiger partial charge < -0.3 is 14.2 Å². The van der Waals surface area contributed by atoms with E-state index >= 15 is 0 Å². The summed E-state index contributed by atoms with van der Waals surface area (Å²) in [6.07, 6.45) is 5.71. The molecule has 0 amide bonds. The third-order valence-electron chi connectivity index (χ3n) is 9.37. The third kappa shape index (κ3) is 5.76. The largest absolute Gasteiger partial charge is 0.481 e. The van der Waals surface area contributed by atoms with Crippen LogP contribution in [0.1, 0.15) is 50.2 Å². The fourth-order valence-corrected chi connectivity index (χ4v) is 10.0. The molecule has 4 aliphatic rings. The molecular weight excluding hydrogens is 532 g/mol. The van der Waals surface area contributed by atoms with E-state index in [-0.39, 0.29) is 29.7 Å². The summed E-state index contributed by atoms with van der Waals surface area (Å²) in [4.78, 5) is 29.0. The van der Waals surface area contributed by atoms with Gasteiger partial charge in [-0.3, -0.25) is 0 Å². The van der Waals surface area contributed by atoms with E-state index in [0.717, 1.165) is 24.0 Å². The Labute approximate surface area is 245 Å². The number of rotatable bonds is 9. The summed E-state index contributed by atoms with van der Waals surface area (Å²) in [6, 6.07) is 25.3. The van der Waals surface area contributed by atoms with Gasteiger partial charge in [0.2, 0.25) is 0 Å². The minimum Gasteiger partial charge on any atom is -0.481 e. The van der Waals surface area contributed by atoms with Crippen LogP contribution < -0.4 is 4.74 Å². The highest BCUT2D eigenvalue weighted by molar-refractivity contribution is 7.97. The maximum atomic E-state index is 12.8. The van der Waals surface area contributed by atoms with Crippen molar-refractivity contribution in [1.29, 1.82) is 0 Å². The second-order valence-corrected chi connectivity index (χ2v) is 14.2. The maximum absolute atomic E-state index is 12.8. The average Bonchev–Trinajstić information content (AvgIpc) is 2.95. The van der Waals surface area contributed by atoms with E-state index in [1.165, 1.54) is 33.9 Å². The Morgan fingerprint density at radius 2 is 1.34 bits per heavy atom. The average molecular weight is 572 g/mol. The Kier molecular flexibility index (Phi) is 7.86. The quantitative estimate of drug-likeness (QED) is 0.203. The maximum Gasteiger partial charge on any atom is 0.344 e. The smallest absolute Gasteiger partial charge is 0.344 e. The van der Waals surface area contributed by atoms with Gasteiger partial charge in [0.15, 0.2) is 27.9 Å². The molecule has 3 unspecified atom stereocenters. The Morgan fingerprint density at radius 3 is 1.90 bits per heavy atom. The molecule has 0 radical (unpaired) electrons. The van der Waals surface area contributed by atoms with Crippen LogP contribution in [0.2, 0.25) is 0 Å². The molecule has 7 rings (SSSR count). The van der Waals surface area contributed by atoms with Gasteiger partial charge in [-0.1, -0.05) is 43.3 Å². The fraction of sp³-hybridized carbons (Fsp3) is 0.429. The van der Waals surface area contributed by atoms with E-state index in [1.807, 2.05) is 26.0 Å². The zero-order valence-corrected chi connectivity index (χ0v) is 25.0. The minimum atomic E-state index is -0.572. The summed E-state index contributed by atoms with van der Waals surface area (Å²) in [6.45, 7) is 5.60. The van der Waals surface area contributed by atoms with Gasteiger partial charge in [-0.25, -0.2) is 9.59 Å². The summed E-state index contributed by atoms with van der Waals surface area (Å²) >= 11 is 0. The van der Waals surface area contributed by atoms with Crippen LogP contribution in [0.4, 0.5) is 0 Å². The molecule has 0 heterocycles. The molecule has 4 saturated carbocycles. The van der Waals surface area contributed by atoms with Crippen LogP contribution in [0.15, 0.2) is 87.5 Å². The Bertz CT molecular complexity index is 1330. The fourth-order valence-electron chi connectivity index (χ4n) is 7.74. The molecule has 3 aromatic rings. The van der Waals surface area contributed by atoms with Crippen molar-refractivity contribution in [1.82, 2.24) is 0 Å². The molecule has 4 bridgehead atoms. The molecule has 214 valence electrons. The lowest BCUT2D eigenvalue weighted by molar-refractivity contribution is -0.209. The molecule has 0 spiro atoms. The van der Waals surface area contributed by atoms with Crippen LogP contribution >= 0.6 is 0 Å². The van der Waals surface area contributed by atoms with Gasteiger partial charge in [0.1, 0.15) is 11.4 Å². The van der Waals surface area contributed by atoms with Crippen LogP contribution in [0, 0.1) is 37.5 Å². The number of benzene rings is 3. The summed E-state index contributed by atoms with van der Waals surface area (Å²) in [5.41, 5.74) is 1.53. The molecule has 3 atom stereocenters. The highest BCUT2D eigenvalue weighted by Gasteiger charge is 2.57.